The number of carbonyl (C=O) groups excluding carboxylic acids is 2. The van der Waals surface area contributed by atoms with Crippen molar-refractivity contribution in [1.82, 2.24) is 15.2 Å². The molecule has 1 aromatic carbocycles. The summed E-state index contributed by atoms with van der Waals surface area (Å²) >= 11 is 0. The molecule has 1 saturated heterocycles. The molecule has 0 bridgehead atoms. The van der Waals surface area contributed by atoms with Crippen molar-refractivity contribution in [2.45, 2.75) is 18.6 Å². The van der Waals surface area contributed by atoms with Gasteiger partial charge in [-0.25, -0.2) is 0 Å². The highest BCUT2D eigenvalue weighted by Gasteiger charge is 2.50. The number of likely N-dealkylation sites (tertiary alicyclic amines) is 1. The standard InChI is InChI=1S/C17H18F3N3O3/c1-21-15(24)13-6-9(17(18,19)20)8-23(13)16(25)12-7-10-11(22-12)4-3-5-14(10)26-2/h3-5,7,9,13,22H,6,8H2,1-2H3,(H,21,24)/t9-,13+/m1/s1. The highest BCUT2D eigenvalue weighted by molar-refractivity contribution is 6.01. The zero-order chi connectivity index (χ0) is 19.1. The molecule has 1 aliphatic heterocycles. The van der Waals surface area contributed by atoms with E-state index in [0.29, 0.717) is 16.7 Å². The van der Waals surface area contributed by atoms with Crippen LogP contribution >= 0.6 is 0 Å². The Balaban J connectivity index is 1.95. The maximum Gasteiger partial charge on any atom is 0.393 e. The molecule has 0 saturated carbocycles. The SMILES string of the molecule is CNC(=O)[C@@H]1C[C@@H](C(F)(F)F)CN1C(=O)c1cc2c(OC)cccc2[nH]1. The predicted molar refractivity (Wildman–Crippen MR) is 87.9 cm³/mol. The number of aromatic nitrogens is 1. The third-order valence-electron chi connectivity index (χ3n) is 4.65. The van der Waals surface area contributed by atoms with E-state index in [1.165, 1.54) is 20.2 Å². The van der Waals surface area contributed by atoms with Crippen molar-refractivity contribution in [3.63, 3.8) is 0 Å². The molecule has 6 nitrogen and oxygen atoms in total. The van der Waals surface area contributed by atoms with Gasteiger partial charge in [0, 0.05) is 24.5 Å². The van der Waals surface area contributed by atoms with Gasteiger partial charge in [-0.2, -0.15) is 13.2 Å². The molecule has 2 aromatic rings. The van der Waals surface area contributed by atoms with E-state index in [1.54, 1.807) is 18.2 Å². The van der Waals surface area contributed by atoms with Gasteiger partial charge >= 0.3 is 6.18 Å². The van der Waals surface area contributed by atoms with E-state index in [-0.39, 0.29) is 5.69 Å². The number of alkyl halides is 3. The molecule has 0 unspecified atom stereocenters. The van der Waals surface area contributed by atoms with E-state index in [1.807, 2.05) is 0 Å². The minimum atomic E-state index is -4.47. The monoisotopic (exact) mass is 369 g/mol. The minimum absolute atomic E-state index is 0.112. The first-order valence-corrected chi connectivity index (χ1v) is 8.01. The van der Waals surface area contributed by atoms with Crippen LogP contribution in [0, 0.1) is 5.92 Å². The van der Waals surface area contributed by atoms with Gasteiger partial charge in [0.05, 0.1) is 13.0 Å². The van der Waals surface area contributed by atoms with Gasteiger partial charge in [-0.15, -0.1) is 0 Å². The third-order valence-corrected chi connectivity index (χ3v) is 4.65. The zero-order valence-corrected chi connectivity index (χ0v) is 14.2. The van der Waals surface area contributed by atoms with Crippen molar-refractivity contribution >= 4 is 22.7 Å². The number of ether oxygens (including phenoxy) is 1. The Bertz CT molecular complexity index is 847. The van der Waals surface area contributed by atoms with E-state index >= 15 is 0 Å². The molecule has 0 spiro atoms. The van der Waals surface area contributed by atoms with Gasteiger partial charge < -0.3 is 19.9 Å². The number of benzene rings is 1. The zero-order valence-electron chi connectivity index (χ0n) is 14.2. The lowest BCUT2D eigenvalue weighted by Crippen LogP contribution is -2.45. The molecule has 0 aliphatic carbocycles. The number of methoxy groups -OCH3 is 1. The number of fused-ring (bicyclic) bond motifs is 1. The molecule has 1 aliphatic rings. The summed E-state index contributed by atoms with van der Waals surface area (Å²) < 4.78 is 44.6. The van der Waals surface area contributed by atoms with Crippen LogP contribution in [0.4, 0.5) is 13.2 Å². The fourth-order valence-electron chi connectivity index (χ4n) is 3.29. The van der Waals surface area contributed by atoms with E-state index in [4.69, 9.17) is 4.74 Å². The number of nitrogens with one attached hydrogen (secondary N) is 2. The lowest BCUT2D eigenvalue weighted by Gasteiger charge is -2.22. The molecule has 1 aromatic heterocycles. The molecular formula is C17H18F3N3O3. The number of likely N-dealkylation sites (N-methyl/N-ethyl adjacent to an activating group) is 1. The highest BCUT2D eigenvalue weighted by atomic mass is 19.4. The Hall–Kier alpha value is -2.71. The first-order chi connectivity index (χ1) is 12.3. The lowest BCUT2D eigenvalue weighted by atomic mass is 10.1. The molecule has 2 amide bonds. The molecule has 2 N–H and O–H groups in total. The molecule has 0 radical (unpaired) electrons. The number of amides is 2. The van der Waals surface area contributed by atoms with Gasteiger partial charge in [0.1, 0.15) is 17.5 Å². The number of hydrogen-bond donors (Lipinski definition) is 2. The average molecular weight is 369 g/mol. The van der Waals surface area contributed by atoms with Gasteiger partial charge in [0.2, 0.25) is 5.91 Å². The van der Waals surface area contributed by atoms with E-state index < -0.39 is 42.9 Å². The van der Waals surface area contributed by atoms with Crippen molar-refractivity contribution in [3.05, 3.63) is 30.0 Å². The number of hydrogen-bond acceptors (Lipinski definition) is 3. The second-order valence-corrected chi connectivity index (χ2v) is 6.17. The number of carbonyl (C=O) groups is 2. The summed E-state index contributed by atoms with van der Waals surface area (Å²) in [4.78, 5) is 28.7. The lowest BCUT2D eigenvalue weighted by molar-refractivity contribution is -0.170. The second-order valence-electron chi connectivity index (χ2n) is 6.17. The van der Waals surface area contributed by atoms with Crippen LogP contribution in [0.15, 0.2) is 24.3 Å². The summed E-state index contributed by atoms with van der Waals surface area (Å²) in [5.41, 5.74) is 0.733. The fourth-order valence-corrected chi connectivity index (χ4v) is 3.29. The smallest absolute Gasteiger partial charge is 0.393 e. The quantitative estimate of drug-likeness (QED) is 0.872. The maximum atomic E-state index is 13.1. The second kappa shape index (κ2) is 6.54. The average Bonchev–Trinajstić information content (AvgIpc) is 3.24. The molecule has 2 heterocycles. The normalized spacial score (nSPS) is 20.4. The van der Waals surface area contributed by atoms with Crippen molar-refractivity contribution in [1.29, 1.82) is 0 Å². The van der Waals surface area contributed by atoms with Gasteiger partial charge in [-0.1, -0.05) is 6.07 Å². The molecule has 1 fully saturated rings. The highest BCUT2D eigenvalue weighted by Crippen LogP contribution is 2.37. The summed E-state index contributed by atoms with van der Waals surface area (Å²) in [6.45, 7) is -0.549. The Labute approximate surface area is 147 Å². The molecular weight excluding hydrogens is 351 g/mol. The van der Waals surface area contributed by atoms with Crippen LogP contribution in [-0.2, 0) is 4.79 Å². The Kier molecular flexibility index (Phi) is 4.55. The largest absolute Gasteiger partial charge is 0.496 e. The topological polar surface area (TPSA) is 74.4 Å². The molecule has 2 atom stereocenters. The summed E-state index contributed by atoms with van der Waals surface area (Å²) in [6.07, 6.45) is -4.91. The first kappa shape index (κ1) is 18.1. The van der Waals surface area contributed by atoms with Gasteiger partial charge in [-0.3, -0.25) is 9.59 Å². The summed E-state index contributed by atoms with van der Waals surface area (Å²) in [7, 11) is 2.82. The predicted octanol–water partition coefficient (Wildman–Crippen LogP) is 2.32. The van der Waals surface area contributed by atoms with Gasteiger partial charge in [-0.05, 0) is 24.6 Å². The molecule has 9 heteroatoms. The Morgan fingerprint density at radius 2 is 2.08 bits per heavy atom. The Morgan fingerprint density at radius 3 is 2.69 bits per heavy atom. The van der Waals surface area contributed by atoms with Crippen molar-refractivity contribution in [2.75, 3.05) is 20.7 Å². The van der Waals surface area contributed by atoms with Crippen LogP contribution in [-0.4, -0.2) is 54.6 Å². The molecule has 3 rings (SSSR count). The van der Waals surface area contributed by atoms with Gasteiger partial charge in [0.25, 0.3) is 5.91 Å². The summed E-state index contributed by atoms with van der Waals surface area (Å²) in [5.74, 6) is -2.45. The van der Waals surface area contributed by atoms with Crippen molar-refractivity contribution in [3.8, 4) is 5.75 Å². The number of aromatic amines is 1. The Morgan fingerprint density at radius 1 is 1.35 bits per heavy atom. The van der Waals surface area contributed by atoms with Crippen LogP contribution in [0.25, 0.3) is 10.9 Å². The minimum Gasteiger partial charge on any atom is -0.496 e. The summed E-state index contributed by atoms with van der Waals surface area (Å²) in [6, 6.07) is 5.54. The maximum absolute atomic E-state index is 13.1. The molecule has 26 heavy (non-hydrogen) atoms. The summed E-state index contributed by atoms with van der Waals surface area (Å²) in [5, 5.41) is 2.97. The van der Waals surface area contributed by atoms with Crippen LogP contribution in [0.5, 0.6) is 5.75 Å². The number of halogens is 3. The van der Waals surface area contributed by atoms with Crippen LogP contribution in [0.3, 0.4) is 0 Å². The van der Waals surface area contributed by atoms with E-state index in [0.717, 1.165) is 4.90 Å². The number of H-pyrrole nitrogens is 1. The first-order valence-electron chi connectivity index (χ1n) is 8.01. The van der Waals surface area contributed by atoms with Crippen molar-refractivity contribution in [2.24, 2.45) is 5.92 Å². The van der Waals surface area contributed by atoms with Crippen LogP contribution in [0.2, 0.25) is 0 Å². The van der Waals surface area contributed by atoms with Crippen LogP contribution < -0.4 is 10.1 Å². The van der Waals surface area contributed by atoms with Gasteiger partial charge in [0.15, 0.2) is 0 Å². The van der Waals surface area contributed by atoms with E-state index in [2.05, 4.69) is 10.3 Å². The third kappa shape index (κ3) is 3.09. The van der Waals surface area contributed by atoms with Crippen molar-refractivity contribution < 1.29 is 27.5 Å². The van der Waals surface area contributed by atoms with E-state index in [9.17, 15) is 22.8 Å². The van der Waals surface area contributed by atoms with Crippen LogP contribution in [0.1, 0.15) is 16.9 Å². The number of rotatable bonds is 3. The fraction of sp³-hybridized carbons (Fsp3) is 0.412. The molecule has 140 valence electrons. The number of nitrogens with zero attached hydrogens (tertiary/aromatic N) is 1.